The number of alkyl halides is 3. The van der Waals surface area contributed by atoms with Gasteiger partial charge in [-0.15, -0.1) is 24.9 Å². The number of halogens is 3. The maximum atomic E-state index is 12.7. The second kappa shape index (κ2) is 9.79. The van der Waals surface area contributed by atoms with E-state index in [4.69, 9.17) is 0 Å². The predicted octanol–water partition coefficient (Wildman–Crippen LogP) is 6.34. The van der Waals surface area contributed by atoms with Crippen LogP contribution in [0.4, 0.5) is 18.9 Å². The Morgan fingerprint density at radius 1 is 1.09 bits per heavy atom. The summed E-state index contributed by atoms with van der Waals surface area (Å²) in [5, 5.41) is 12.1. The first-order valence-electron chi connectivity index (χ1n) is 9.53. The summed E-state index contributed by atoms with van der Waals surface area (Å²) >= 11 is 1.51. The summed E-state index contributed by atoms with van der Waals surface area (Å²) in [5.74, 6) is -0.594. The normalized spacial score (nSPS) is 11.0. The van der Waals surface area contributed by atoms with Crippen molar-refractivity contribution in [3.05, 3.63) is 77.4 Å². The number of ether oxygens (including phenoxy) is 1. The number of rotatable bonds is 6. The zero-order valence-corrected chi connectivity index (χ0v) is 18.1. The van der Waals surface area contributed by atoms with E-state index >= 15 is 0 Å². The van der Waals surface area contributed by atoms with Gasteiger partial charge in [-0.3, -0.25) is 4.79 Å². The minimum Gasteiger partial charge on any atom is -0.405 e. The molecule has 0 saturated heterocycles. The summed E-state index contributed by atoms with van der Waals surface area (Å²) in [6.07, 6.45) is -2.86. The van der Waals surface area contributed by atoms with Crippen LogP contribution in [0.3, 0.4) is 0 Å². The SMILES string of the molecule is CSc1ccc(CC(=O)Nc2ccc(-c3ccccc3OC(F)(F)F)c(C)c2)c(C#N)c1. The van der Waals surface area contributed by atoms with Crippen molar-refractivity contribution >= 4 is 23.4 Å². The highest BCUT2D eigenvalue weighted by Gasteiger charge is 2.32. The summed E-state index contributed by atoms with van der Waals surface area (Å²) < 4.78 is 42.3. The van der Waals surface area contributed by atoms with Crippen molar-refractivity contribution in [2.45, 2.75) is 24.6 Å². The minimum atomic E-state index is -4.80. The summed E-state index contributed by atoms with van der Waals surface area (Å²) in [6.45, 7) is 1.74. The standard InChI is InChI=1S/C24H19F3N2O2S/c1-15-11-18(29-23(30)13-16-7-9-19(32-2)12-17(16)14-28)8-10-20(15)21-5-3-4-6-22(21)31-24(25,26)27/h3-12H,13H2,1-2H3,(H,29,30). The third kappa shape index (κ3) is 5.83. The van der Waals surface area contributed by atoms with Crippen molar-refractivity contribution < 1.29 is 22.7 Å². The van der Waals surface area contributed by atoms with Gasteiger partial charge < -0.3 is 10.1 Å². The Morgan fingerprint density at radius 2 is 1.84 bits per heavy atom. The molecule has 0 atom stereocenters. The Balaban J connectivity index is 1.78. The lowest BCUT2D eigenvalue weighted by atomic mass is 9.99. The van der Waals surface area contributed by atoms with E-state index in [9.17, 15) is 23.2 Å². The van der Waals surface area contributed by atoms with Gasteiger partial charge in [-0.25, -0.2) is 0 Å². The van der Waals surface area contributed by atoms with Crippen LogP contribution in [0.1, 0.15) is 16.7 Å². The second-order valence-electron chi connectivity index (χ2n) is 6.93. The first-order valence-corrected chi connectivity index (χ1v) is 10.8. The third-order valence-electron chi connectivity index (χ3n) is 4.70. The highest BCUT2D eigenvalue weighted by Crippen LogP contribution is 2.36. The molecule has 4 nitrogen and oxygen atoms in total. The van der Waals surface area contributed by atoms with Gasteiger partial charge in [0.05, 0.1) is 18.1 Å². The van der Waals surface area contributed by atoms with Crippen LogP contribution in [0.15, 0.2) is 65.6 Å². The van der Waals surface area contributed by atoms with Crippen LogP contribution in [-0.2, 0) is 11.2 Å². The molecule has 0 aliphatic heterocycles. The molecule has 0 spiro atoms. The van der Waals surface area contributed by atoms with Crippen molar-refractivity contribution in [3.63, 3.8) is 0 Å². The van der Waals surface area contributed by atoms with Gasteiger partial charge in [-0.05, 0) is 60.2 Å². The lowest BCUT2D eigenvalue weighted by Gasteiger charge is -2.15. The number of amides is 1. The van der Waals surface area contributed by atoms with Crippen LogP contribution in [-0.4, -0.2) is 18.5 Å². The van der Waals surface area contributed by atoms with Gasteiger partial charge in [-0.1, -0.05) is 30.3 Å². The van der Waals surface area contributed by atoms with E-state index in [1.165, 1.54) is 23.9 Å². The number of aryl methyl sites for hydroxylation is 1. The largest absolute Gasteiger partial charge is 0.573 e. The Kier molecular flexibility index (Phi) is 7.11. The van der Waals surface area contributed by atoms with Gasteiger partial charge in [0.25, 0.3) is 0 Å². The van der Waals surface area contributed by atoms with Gasteiger partial charge in [0, 0.05) is 16.1 Å². The number of benzene rings is 3. The number of carbonyl (C=O) groups is 1. The number of nitrogens with zero attached hydrogens (tertiary/aromatic N) is 1. The molecule has 0 heterocycles. The number of nitrogens with one attached hydrogen (secondary N) is 1. The molecule has 3 rings (SSSR count). The highest BCUT2D eigenvalue weighted by atomic mass is 32.2. The summed E-state index contributed by atoms with van der Waals surface area (Å²) in [6, 6.07) is 18.3. The molecule has 0 aliphatic carbocycles. The first kappa shape index (κ1) is 23.2. The predicted molar refractivity (Wildman–Crippen MR) is 119 cm³/mol. The first-order chi connectivity index (χ1) is 15.2. The molecule has 1 amide bonds. The summed E-state index contributed by atoms with van der Waals surface area (Å²) in [4.78, 5) is 13.4. The number of hydrogen-bond donors (Lipinski definition) is 1. The van der Waals surface area contributed by atoms with Crippen LogP contribution in [0.5, 0.6) is 5.75 Å². The molecule has 0 aliphatic rings. The molecular weight excluding hydrogens is 437 g/mol. The van der Waals surface area contributed by atoms with Crippen LogP contribution in [0.2, 0.25) is 0 Å². The molecule has 164 valence electrons. The van der Waals surface area contributed by atoms with Gasteiger partial charge in [-0.2, -0.15) is 5.26 Å². The lowest BCUT2D eigenvalue weighted by Crippen LogP contribution is -2.17. The Bertz CT molecular complexity index is 1190. The molecule has 0 fully saturated rings. The van der Waals surface area contributed by atoms with E-state index in [2.05, 4.69) is 16.1 Å². The molecular formula is C24H19F3N2O2S. The Labute approximate surface area is 188 Å². The van der Waals surface area contributed by atoms with Gasteiger partial charge in [0.1, 0.15) is 5.75 Å². The van der Waals surface area contributed by atoms with Crippen LogP contribution >= 0.6 is 11.8 Å². The molecule has 0 aromatic heterocycles. The summed E-state index contributed by atoms with van der Waals surface area (Å²) in [5.41, 5.74) is 3.09. The van der Waals surface area contributed by atoms with Crippen LogP contribution in [0.25, 0.3) is 11.1 Å². The van der Waals surface area contributed by atoms with Crippen molar-refractivity contribution in [1.29, 1.82) is 5.26 Å². The van der Waals surface area contributed by atoms with Crippen molar-refractivity contribution in [2.24, 2.45) is 0 Å². The molecule has 0 radical (unpaired) electrons. The van der Waals surface area contributed by atoms with Crippen molar-refractivity contribution in [3.8, 4) is 22.9 Å². The van der Waals surface area contributed by atoms with E-state index in [0.717, 1.165) is 4.90 Å². The zero-order chi connectivity index (χ0) is 23.3. The monoisotopic (exact) mass is 456 g/mol. The van der Waals surface area contributed by atoms with Crippen LogP contribution < -0.4 is 10.1 Å². The van der Waals surface area contributed by atoms with E-state index in [0.29, 0.717) is 33.5 Å². The molecule has 1 N–H and O–H groups in total. The molecule has 3 aromatic rings. The Morgan fingerprint density at radius 3 is 2.50 bits per heavy atom. The van der Waals surface area contributed by atoms with Gasteiger partial charge in [0.2, 0.25) is 5.91 Å². The van der Waals surface area contributed by atoms with Gasteiger partial charge >= 0.3 is 6.36 Å². The molecule has 3 aromatic carbocycles. The van der Waals surface area contributed by atoms with E-state index in [1.54, 1.807) is 49.4 Å². The van der Waals surface area contributed by atoms with E-state index in [1.807, 2.05) is 12.3 Å². The molecule has 32 heavy (non-hydrogen) atoms. The van der Waals surface area contributed by atoms with E-state index < -0.39 is 6.36 Å². The number of thioether (sulfide) groups is 1. The fourth-order valence-corrected chi connectivity index (χ4v) is 3.71. The molecule has 0 saturated carbocycles. The fraction of sp³-hybridized carbons (Fsp3) is 0.167. The minimum absolute atomic E-state index is 0.0284. The smallest absolute Gasteiger partial charge is 0.405 e. The lowest BCUT2D eigenvalue weighted by molar-refractivity contribution is -0.274. The quantitative estimate of drug-likeness (QED) is 0.440. The van der Waals surface area contributed by atoms with E-state index in [-0.39, 0.29) is 18.1 Å². The molecule has 0 bridgehead atoms. The second-order valence-corrected chi connectivity index (χ2v) is 7.81. The summed E-state index contributed by atoms with van der Waals surface area (Å²) in [7, 11) is 0. The average Bonchev–Trinajstić information content (AvgIpc) is 2.73. The average molecular weight is 456 g/mol. The topological polar surface area (TPSA) is 62.1 Å². The highest BCUT2D eigenvalue weighted by molar-refractivity contribution is 7.98. The Hall–Kier alpha value is -3.44. The number of hydrogen-bond acceptors (Lipinski definition) is 4. The molecule has 0 unspecified atom stereocenters. The maximum Gasteiger partial charge on any atom is 0.573 e. The van der Waals surface area contributed by atoms with Crippen LogP contribution in [0, 0.1) is 18.3 Å². The number of carbonyl (C=O) groups excluding carboxylic acids is 1. The zero-order valence-electron chi connectivity index (χ0n) is 17.3. The maximum absolute atomic E-state index is 12.7. The number of nitriles is 1. The van der Waals surface area contributed by atoms with Gasteiger partial charge in [0.15, 0.2) is 0 Å². The third-order valence-corrected chi connectivity index (χ3v) is 5.43. The number of anilines is 1. The van der Waals surface area contributed by atoms with Crippen molar-refractivity contribution in [2.75, 3.05) is 11.6 Å². The fourth-order valence-electron chi connectivity index (χ4n) is 3.27. The number of para-hydroxylation sites is 1. The molecule has 8 heteroatoms. The van der Waals surface area contributed by atoms with Crippen molar-refractivity contribution in [1.82, 2.24) is 0 Å².